The number of thioether (sulfide) groups is 1. The van der Waals surface area contributed by atoms with Crippen LogP contribution in [0.4, 0.5) is 0 Å². The number of carbonyl (C=O) groups excluding carboxylic acids is 1. The van der Waals surface area contributed by atoms with Crippen LogP contribution in [-0.4, -0.2) is 45.5 Å². The molecule has 1 heterocycles. The zero-order valence-electron chi connectivity index (χ0n) is 20.5. The third-order valence-electron chi connectivity index (χ3n) is 5.57. The van der Waals surface area contributed by atoms with E-state index in [4.69, 9.17) is 21.7 Å². The van der Waals surface area contributed by atoms with Gasteiger partial charge in [0, 0.05) is 0 Å². The van der Waals surface area contributed by atoms with Crippen LogP contribution in [0.3, 0.4) is 0 Å². The lowest BCUT2D eigenvalue weighted by molar-refractivity contribution is -0.145. The van der Waals surface area contributed by atoms with E-state index < -0.39 is 12.0 Å². The Kier molecular flexibility index (Phi) is 12.5. The van der Waals surface area contributed by atoms with Gasteiger partial charge in [0.15, 0.2) is 11.5 Å². The van der Waals surface area contributed by atoms with E-state index in [1.54, 1.807) is 6.08 Å². The Balaban J connectivity index is 2.09. The van der Waals surface area contributed by atoms with Gasteiger partial charge in [-0.2, -0.15) is 0 Å². The molecule has 0 bridgehead atoms. The van der Waals surface area contributed by atoms with Crippen molar-refractivity contribution < 1.29 is 24.2 Å². The Morgan fingerprint density at radius 3 is 2.44 bits per heavy atom. The number of carboxylic acid groups (broad SMARTS) is 1. The zero-order valence-corrected chi connectivity index (χ0v) is 22.1. The van der Waals surface area contributed by atoms with Crippen LogP contribution in [0.15, 0.2) is 23.1 Å². The van der Waals surface area contributed by atoms with Crippen molar-refractivity contribution in [2.24, 2.45) is 0 Å². The van der Waals surface area contributed by atoms with E-state index >= 15 is 0 Å². The Hall–Kier alpha value is -2.06. The number of hydrogen-bond acceptors (Lipinski definition) is 6. The van der Waals surface area contributed by atoms with Crippen molar-refractivity contribution in [3.8, 4) is 11.5 Å². The number of unbranched alkanes of at least 4 members (excludes halogenated alkanes) is 6. The minimum Gasteiger partial charge on any atom is -0.490 e. The minimum absolute atomic E-state index is 0.281. The standard InChI is InChI=1S/C26H37NO5S2/c1-4-7-9-10-11-12-16-32-21-15-14-19(17-22(21)31-6-3)18-23-24(28)27(26(33)34-23)20(25(29)30)13-8-5-2/h14-15,17-18,20H,4-13,16H2,1-3H3,(H,29,30)/b23-18+/t20-/m1/s1. The molecule has 1 aromatic rings. The molecular formula is C26H37NO5S2. The summed E-state index contributed by atoms with van der Waals surface area (Å²) in [4.78, 5) is 26.4. The molecule has 0 aromatic heterocycles. The second kappa shape index (κ2) is 15.0. The number of benzene rings is 1. The highest BCUT2D eigenvalue weighted by Crippen LogP contribution is 2.36. The van der Waals surface area contributed by atoms with Gasteiger partial charge in [-0.15, -0.1) is 0 Å². The third kappa shape index (κ3) is 8.31. The van der Waals surface area contributed by atoms with Gasteiger partial charge in [-0.25, -0.2) is 4.79 Å². The molecule has 1 aliphatic heterocycles. The number of aliphatic carboxylic acids is 1. The number of amides is 1. The first-order valence-corrected chi connectivity index (χ1v) is 13.5. The van der Waals surface area contributed by atoms with E-state index in [0.717, 1.165) is 36.6 Å². The Morgan fingerprint density at radius 1 is 1.06 bits per heavy atom. The number of hydrogen-bond donors (Lipinski definition) is 1. The maximum Gasteiger partial charge on any atom is 0.326 e. The van der Waals surface area contributed by atoms with E-state index in [0.29, 0.717) is 42.5 Å². The molecule has 0 spiro atoms. The molecule has 1 atom stereocenters. The summed E-state index contributed by atoms with van der Waals surface area (Å²) >= 11 is 6.49. The fraction of sp³-hybridized carbons (Fsp3) is 0.577. The molecule has 0 aliphatic carbocycles. The SMILES string of the molecule is CCCCCCCCOc1ccc(/C=C2/SC(=S)N([C@H](CCCC)C(=O)O)C2=O)cc1OCC. The number of carbonyl (C=O) groups is 2. The molecule has 8 heteroatoms. The molecule has 1 aromatic carbocycles. The second-order valence-corrected chi connectivity index (χ2v) is 9.98. The lowest BCUT2D eigenvalue weighted by atomic mass is 10.1. The van der Waals surface area contributed by atoms with Crippen molar-refractivity contribution in [1.29, 1.82) is 0 Å². The van der Waals surface area contributed by atoms with E-state index in [9.17, 15) is 14.7 Å². The summed E-state index contributed by atoms with van der Waals surface area (Å²) in [5.74, 6) is -0.0777. The number of nitrogens with zero attached hydrogens (tertiary/aromatic N) is 1. The predicted octanol–water partition coefficient (Wildman–Crippen LogP) is 6.67. The van der Waals surface area contributed by atoms with E-state index in [2.05, 4.69) is 6.92 Å². The molecule has 1 saturated heterocycles. The van der Waals surface area contributed by atoms with Gasteiger partial charge in [0.05, 0.1) is 18.1 Å². The number of carboxylic acids is 1. The summed E-state index contributed by atoms with van der Waals surface area (Å²) in [5, 5.41) is 9.63. The number of thiocarbonyl (C=S) groups is 1. The van der Waals surface area contributed by atoms with Crippen LogP contribution < -0.4 is 9.47 Å². The predicted molar refractivity (Wildman–Crippen MR) is 142 cm³/mol. The highest BCUT2D eigenvalue weighted by atomic mass is 32.2. The molecule has 2 rings (SSSR count). The summed E-state index contributed by atoms with van der Waals surface area (Å²) in [7, 11) is 0. The topological polar surface area (TPSA) is 76.1 Å². The average molecular weight is 508 g/mol. The van der Waals surface area contributed by atoms with Gasteiger partial charge in [-0.1, -0.05) is 88.8 Å². The van der Waals surface area contributed by atoms with Crippen LogP contribution in [0, 0.1) is 0 Å². The van der Waals surface area contributed by atoms with Gasteiger partial charge < -0.3 is 14.6 Å². The molecular weight excluding hydrogens is 470 g/mol. The highest BCUT2D eigenvalue weighted by Gasteiger charge is 2.40. The summed E-state index contributed by atoms with van der Waals surface area (Å²) in [6, 6.07) is 4.64. The van der Waals surface area contributed by atoms with Crippen LogP contribution >= 0.6 is 24.0 Å². The Bertz CT molecular complexity index is 871. The van der Waals surface area contributed by atoms with Gasteiger partial charge >= 0.3 is 5.97 Å². The van der Waals surface area contributed by atoms with Crippen molar-refractivity contribution in [2.75, 3.05) is 13.2 Å². The molecule has 6 nitrogen and oxygen atoms in total. The lowest BCUT2D eigenvalue weighted by Gasteiger charge is -2.22. The van der Waals surface area contributed by atoms with Crippen molar-refractivity contribution in [3.63, 3.8) is 0 Å². The molecule has 188 valence electrons. The monoisotopic (exact) mass is 507 g/mol. The molecule has 1 fully saturated rings. The van der Waals surface area contributed by atoms with Crippen molar-refractivity contribution in [2.45, 2.75) is 84.6 Å². The minimum atomic E-state index is -1.03. The van der Waals surface area contributed by atoms with Gasteiger partial charge in [0.1, 0.15) is 10.4 Å². The van der Waals surface area contributed by atoms with E-state index in [-0.39, 0.29) is 10.2 Å². The smallest absolute Gasteiger partial charge is 0.326 e. The van der Waals surface area contributed by atoms with E-state index in [1.807, 2.05) is 32.0 Å². The highest BCUT2D eigenvalue weighted by molar-refractivity contribution is 8.26. The maximum absolute atomic E-state index is 13.0. The fourth-order valence-electron chi connectivity index (χ4n) is 3.73. The molecule has 0 saturated carbocycles. The fourth-order valence-corrected chi connectivity index (χ4v) is 5.08. The van der Waals surface area contributed by atoms with Gasteiger partial charge in [-0.05, 0) is 43.5 Å². The van der Waals surface area contributed by atoms with Crippen molar-refractivity contribution in [1.82, 2.24) is 4.90 Å². The first kappa shape index (κ1) is 28.2. The largest absolute Gasteiger partial charge is 0.490 e. The average Bonchev–Trinajstić information content (AvgIpc) is 3.07. The van der Waals surface area contributed by atoms with Gasteiger partial charge in [-0.3, -0.25) is 9.69 Å². The lowest BCUT2D eigenvalue weighted by Crippen LogP contribution is -2.43. The molecule has 1 N–H and O–H groups in total. The number of rotatable bonds is 16. The van der Waals surface area contributed by atoms with Gasteiger partial charge in [0.2, 0.25) is 0 Å². The van der Waals surface area contributed by atoms with Crippen LogP contribution in [0.2, 0.25) is 0 Å². The summed E-state index contributed by atoms with van der Waals surface area (Å²) < 4.78 is 12.0. The van der Waals surface area contributed by atoms with Crippen molar-refractivity contribution in [3.05, 3.63) is 28.7 Å². The second-order valence-electron chi connectivity index (χ2n) is 8.30. The van der Waals surface area contributed by atoms with Crippen LogP contribution in [-0.2, 0) is 9.59 Å². The summed E-state index contributed by atoms with van der Waals surface area (Å²) in [5.41, 5.74) is 0.774. The third-order valence-corrected chi connectivity index (χ3v) is 6.90. The summed E-state index contributed by atoms with van der Waals surface area (Å²) in [6.07, 6.45) is 10.9. The van der Waals surface area contributed by atoms with Crippen LogP contribution in [0.5, 0.6) is 11.5 Å². The normalized spacial score (nSPS) is 15.7. The zero-order chi connectivity index (χ0) is 24.9. The molecule has 1 aliphatic rings. The Labute approximate surface area is 213 Å². The number of ether oxygens (including phenoxy) is 2. The van der Waals surface area contributed by atoms with Crippen molar-refractivity contribution >= 4 is 46.3 Å². The first-order chi connectivity index (χ1) is 16.4. The summed E-state index contributed by atoms with van der Waals surface area (Å²) in [6.45, 7) is 7.25. The quantitative estimate of drug-likeness (QED) is 0.152. The maximum atomic E-state index is 13.0. The molecule has 0 unspecified atom stereocenters. The molecule has 1 amide bonds. The molecule has 0 radical (unpaired) electrons. The van der Waals surface area contributed by atoms with Gasteiger partial charge in [0.25, 0.3) is 5.91 Å². The molecule has 34 heavy (non-hydrogen) atoms. The van der Waals surface area contributed by atoms with Crippen LogP contribution in [0.1, 0.15) is 84.1 Å². The van der Waals surface area contributed by atoms with E-state index in [1.165, 1.54) is 30.6 Å². The first-order valence-electron chi connectivity index (χ1n) is 12.3. The Morgan fingerprint density at radius 2 is 1.76 bits per heavy atom. The van der Waals surface area contributed by atoms with Crippen LogP contribution in [0.25, 0.3) is 6.08 Å².